The molecule has 17 heavy (non-hydrogen) atoms. The molecule has 0 fully saturated rings. The van der Waals surface area contributed by atoms with Crippen molar-refractivity contribution in [2.75, 3.05) is 6.61 Å². The lowest BCUT2D eigenvalue weighted by molar-refractivity contribution is -0.137. The molecule has 2 rings (SSSR count). The number of carbonyl (C=O) groups is 2. The second kappa shape index (κ2) is 4.37. The molecule has 1 aliphatic rings. The Morgan fingerprint density at radius 1 is 1.47 bits per heavy atom. The number of hydrogen-bond donors (Lipinski definition) is 1. The third-order valence-corrected chi connectivity index (χ3v) is 2.31. The fourth-order valence-electron chi connectivity index (χ4n) is 1.61. The number of esters is 1. The Morgan fingerprint density at radius 2 is 2.24 bits per heavy atom. The molecule has 5 heteroatoms. The number of amides is 1. The van der Waals surface area contributed by atoms with Gasteiger partial charge in [0.25, 0.3) is 5.91 Å². The van der Waals surface area contributed by atoms with E-state index < -0.39 is 17.7 Å². The van der Waals surface area contributed by atoms with Gasteiger partial charge in [0, 0.05) is 11.6 Å². The van der Waals surface area contributed by atoms with Crippen LogP contribution < -0.4 is 5.32 Å². The summed E-state index contributed by atoms with van der Waals surface area (Å²) in [6, 6.07) is 3.82. The Bertz CT molecular complexity index is 522. The monoisotopic (exact) mass is 235 g/mol. The molecule has 1 aromatic rings. The van der Waals surface area contributed by atoms with Gasteiger partial charge >= 0.3 is 5.97 Å². The van der Waals surface area contributed by atoms with Gasteiger partial charge in [0.15, 0.2) is 0 Å². The van der Waals surface area contributed by atoms with Gasteiger partial charge in [-0.05, 0) is 25.1 Å². The summed E-state index contributed by atoms with van der Waals surface area (Å²) in [4.78, 5) is 22.8. The first-order valence-electron chi connectivity index (χ1n) is 5.11. The lowest BCUT2D eigenvalue weighted by Gasteiger charge is -2.00. The number of ether oxygens (including phenoxy) is 1. The minimum absolute atomic E-state index is 0.223. The van der Waals surface area contributed by atoms with Crippen LogP contribution in [0.3, 0.4) is 0 Å². The first-order valence-corrected chi connectivity index (χ1v) is 5.11. The van der Waals surface area contributed by atoms with Crippen LogP contribution in [0.1, 0.15) is 22.8 Å². The zero-order valence-electron chi connectivity index (χ0n) is 9.12. The zero-order valence-corrected chi connectivity index (χ0v) is 9.12. The van der Waals surface area contributed by atoms with Gasteiger partial charge in [0.1, 0.15) is 5.82 Å². The van der Waals surface area contributed by atoms with Crippen molar-refractivity contribution >= 4 is 17.6 Å². The van der Waals surface area contributed by atoms with E-state index in [0.717, 1.165) is 6.07 Å². The Hall–Kier alpha value is -2.17. The Labute approximate surface area is 97.1 Å². The van der Waals surface area contributed by atoms with Gasteiger partial charge in [-0.25, -0.2) is 9.18 Å². The van der Waals surface area contributed by atoms with E-state index in [1.165, 1.54) is 18.2 Å². The van der Waals surface area contributed by atoms with E-state index in [4.69, 9.17) is 4.74 Å². The predicted octanol–water partition coefficient (Wildman–Crippen LogP) is 1.47. The van der Waals surface area contributed by atoms with Crippen LogP contribution >= 0.6 is 0 Å². The molecule has 0 radical (unpaired) electrons. The summed E-state index contributed by atoms with van der Waals surface area (Å²) in [6.45, 7) is 1.94. The average Bonchev–Trinajstić information content (AvgIpc) is 2.56. The molecule has 1 aromatic carbocycles. The second-order valence-corrected chi connectivity index (χ2v) is 3.45. The van der Waals surface area contributed by atoms with Gasteiger partial charge in [-0.3, -0.25) is 4.79 Å². The minimum Gasteiger partial charge on any atom is -0.463 e. The van der Waals surface area contributed by atoms with Crippen LogP contribution in [0.25, 0.3) is 5.70 Å². The largest absolute Gasteiger partial charge is 0.463 e. The van der Waals surface area contributed by atoms with E-state index in [1.54, 1.807) is 6.92 Å². The second-order valence-electron chi connectivity index (χ2n) is 3.45. The molecular formula is C12H10FNO3. The van der Waals surface area contributed by atoms with Crippen molar-refractivity contribution in [3.8, 4) is 0 Å². The van der Waals surface area contributed by atoms with Gasteiger partial charge in [0.05, 0.1) is 17.9 Å². The Morgan fingerprint density at radius 3 is 2.94 bits per heavy atom. The van der Waals surface area contributed by atoms with Crippen molar-refractivity contribution in [1.82, 2.24) is 5.32 Å². The van der Waals surface area contributed by atoms with E-state index in [9.17, 15) is 14.0 Å². The number of halogens is 1. The molecule has 0 saturated carbocycles. The van der Waals surface area contributed by atoms with Crippen molar-refractivity contribution in [1.29, 1.82) is 0 Å². The van der Waals surface area contributed by atoms with E-state index in [0.29, 0.717) is 11.3 Å². The molecule has 1 heterocycles. The van der Waals surface area contributed by atoms with Crippen molar-refractivity contribution in [3.63, 3.8) is 0 Å². The van der Waals surface area contributed by atoms with Crippen LogP contribution in [-0.4, -0.2) is 18.5 Å². The van der Waals surface area contributed by atoms with Crippen molar-refractivity contribution < 1.29 is 18.7 Å². The van der Waals surface area contributed by atoms with Crippen LogP contribution in [0.4, 0.5) is 4.39 Å². The van der Waals surface area contributed by atoms with Gasteiger partial charge in [-0.2, -0.15) is 0 Å². The molecule has 4 nitrogen and oxygen atoms in total. The first-order chi connectivity index (χ1) is 8.11. The maximum absolute atomic E-state index is 13.0. The maximum Gasteiger partial charge on any atom is 0.332 e. The molecule has 88 valence electrons. The summed E-state index contributed by atoms with van der Waals surface area (Å²) in [5.41, 5.74) is 1.06. The SMILES string of the molecule is CCOC(=O)/C=C1/NC(=O)c2cc(F)ccc21. The third-order valence-electron chi connectivity index (χ3n) is 2.31. The van der Waals surface area contributed by atoms with E-state index in [-0.39, 0.29) is 12.2 Å². The third kappa shape index (κ3) is 2.18. The summed E-state index contributed by atoms with van der Waals surface area (Å²) < 4.78 is 17.7. The average molecular weight is 235 g/mol. The Balaban J connectivity index is 2.37. The lowest BCUT2D eigenvalue weighted by atomic mass is 10.1. The molecule has 0 unspecified atom stereocenters. The standard InChI is InChI=1S/C12H10FNO3/c1-2-17-11(15)6-10-8-4-3-7(13)5-9(8)12(16)14-10/h3-6H,2H2,1H3,(H,14,16)/b10-6+. The van der Waals surface area contributed by atoms with Gasteiger partial charge in [-0.1, -0.05) is 0 Å². The van der Waals surface area contributed by atoms with Crippen LogP contribution in [-0.2, 0) is 9.53 Å². The smallest absolute Gasteiger partial charge is 0.332 e. The summed E-state index contributed by atoms with van der Waals surface area (Å²) >= 11 is 0. The fraction of sp³-hybridized carbons (Fsp3) is 0.167. The molecule has 0 spiro atoms. The van der Waals surface area contributed by atoms with Crippen LogP contribution in [0.5, 0.6) is 0 Å². The summed E-state index contributed by atoms with van der Waals surface area (Å²) in [7, 11) is 0. The number of carbonyl (C=O) groups excluding carboxylic acids is 2. The molecule has 0 aliphatic carbocycles. The highest BCUT2D eigenvalue weighted by Crippen LogP contribution is 2.24. The molecule has 1 aliphatic heterocycles. The molecular weight excluding hydrogens is 225 g/mol. The van der Waals surface area contributed by atoms with Crippen molar-refractivity contribution in [3.05, 3.63) is 41.2 Å². The minimum atomic E-state index is -0.542. The normalized spacial score (nSPS) is 15.6. The van der Waals surface area contributed by atoms with E-state index >= 15 is 0 Å². The highest BCUT2D eigenvalue weighted by molar-refractivity contribution is 6.11. The first kappa shape index (κ1) is 11.3. The Kier molecular flexibility index (Phi) is 2.91. The van der Waals surface area contributed by atoms with Crippen LogP contribution in [0, 0.1) is 5.82 Å². The van der Waals surface area contributed by atoms with Crippen molar-refractivity contribution in [2.45, 2.75) is 6.92 Å². The van der Waals surface area contributed by atoms with Gasteiger partial charge < -0.3 is 10.1 Å². The van der Waals surface area contributed by atoms with Crippen LogP contribution in [0.15, 0.2) is 24.3 Å². The molecule has 1 amide bonds. The van der Waals surface area contributed by atoms with Gasteiger partial charge in [-0.15, -0.1) is 0 Å². The number of nitrogens with one attached hydrogen (secondary N) is 1. The molecule has 0 atom stereocenters. The number of benzene rings is 1. The number of fused-ring (bicyclic) bond motifs is 1. The molecule has 0 aromatic heterocycles. The summed E-state index contributed by atoms with van der Waals surface area (Å²) in [6.07, 6.45) is 1.19. The van der Waals surface area contributed by atoms with E-state index in [2.05, 4.69) is 5.32 Å². The highest BCUT2D eigenvalue weighted by atomic mass is 19.1. The van der Waals surface area contributed by atoms with E-state index in [1.807, 2.05) is 0 Å². The zero-order chi connectivity index (χ0) is 12.4. The predicted molar refractivity (Wildman–Crippen MR) is 58.5 cm³/mol. The van der Waals surface area contributed by atoms with Gasteiger partial charge in [0.2, 0.25) is 0 Å². The molecule has 0 saturated heterocycles. The fourth-order valence-corrected chi connectivity index (χ4v) is 1.61. The summed E-state index contributed by atoms with van der Waals surface area (Å²) in [5, 5.41) is 2.49. The topological polar surface area (TPSA) is 55.4 Å². The molecule has 1 N–H and O–H groups in total. The maximum atomic E-state index is 13.0. The van der Waals surface area contributed by atoms with Crippen molar-refractivity contribution in [2.24, 2.45) is 0 Å². The molecule has 0 bridgehead atoms. The van der Waals surface area contributed by atoms with Crippen LogP contribution in [0.2, 0.25) is 0 Å². The summed E-state index contributed by atoms with van der Waals surface area (Å²) in [5.74, 6) is -1.45. The quantitative estimate of drug-likeness (QED) is 0.624. The number of rotatable bonds is 2. The number of hydrogen-bond acceptors (Lipinski definition) is 3. The highest BCUT2D eigenvalue weighted by Gasteiger charge is 2.24. The lowest BCUT2D eigenvalue weighted by Crippen LogP contribution is -2.13.